The summed E-state index contributed by atoms with van der Waals surface area (Å²) in [5.41, 5.74) is 1.63. The molecule has 0 aliphatic rings. The minimum atomic E-state index is 0.0278. The van der Waals surface area contributed by atoms with E-state index in [1.807, 2.05) is 18.2 Å². The molecule has 1 N–H and O–H groups in total. The van der Waals surface area contributed by atoms with Crippen LogP contribution in [0.1, 0.15) is 38.3 Å². The van der Waals surface area contributed by atoms with Crippen molar-refractivity contribution >= 4 is 5.91 Å². The first-order valence-corrected chi connectivity index (χ1v) is 6.80. The highest BCUT2D eigenvalue weighted by molar-refractivity contribution is 5.76. The van der Waals surface area contributed by atoms with Gasteiger partial charge in [0.25, 0.3) is 0 Å². The highest BCUT2D eigenvalue weighted by Gasteiger charge is 2.12. The standard InChI is InChI=1S/C16H23N3O/c1-16(2,3)18-9-8-15(20)19(4)12-14-7-5-6-13(10-14)11-17/h5-7,10,18H,8-9,12H2,1-4H3. The molecule has 0 saturated heterocycles. The lowest BCUT2D eigenvalue weighted by Crippen LogP contribution is -2.38. The number of rotatable bonds is 5. The van der Waals surface area contributed by atoms with Gasteiger partial charge in [0.2, 0.25) is 5.91 Å². The maximum Gasteiger partial charge on any atom is 0.223 e. The maximum atomic E-state index is 12.0. The number of hydrogen-bond acceptors (Lipinski definition) is 3. The molecule has 1 rings (SSSR count). The number of carbonyl (C=O) groups excluding carboxylic acids is 1. The monoisotopic (exact) mass is 273 g/mol. The molecule has 0 aliphatic heterocycles. The van der Waals surface area contributed by atoms with Crippen molar-refractivity contribution < 1.29 is 4.79 Å². The molecule has 108 valence electrons. The molecule has 0 heterocycles. The fourth-order valence-electron chi connectivity index (χ4n) is 1.84. The molecule has 0 saturated carbocycles. The Hall–Kier alpha value is -1.86. The van der Waals surface area contributed by atoms with E-state index >= 15 is 0 Å². The van der Waals surface area contributed by atoms with Crippen LogP contribution in [0.15, 0.2) is 24.3 Å². The Morgan fingerprint density at radius 3 is 2.70 bits per heavy atom. The molecule has 0 radical (unpaired) electrons. The van der Waals surface area contributed by atoms with E-state index in [9.17, 15) is 4.79 Å². The zero-order valence-corrected chi connectivity index (χ0v) is 12.7. The van der Waals surface area contributed by atoms with Crippen molar-refractivity contribution in [3.63, 3.8) is 0 Å². The van der Waals surface area contributed by atoms with Gasteiger partial charge in [-0.2, -0.15) is 5.26 Å². The summed E-state index contributed by atoms with van der Waals surface area (Å²) in [4.78, 5) is 13.7. The van der Waals surface area contributed by atoms with Crippen LogP contribution in [0.2, 0.25) is 0 Å². The van der Waals surface area contributed by atoms with Gasteiger partial charge in [-0.05, 0) is 38.5 Å². The molecule has 0 aromatic heterocycles. The second-order valence-corrected chi connectivity index (χ2v) is 5.99. The van der Waals surface area contributed by atoms with Gasteiger partial charge in [-0.15, -0.1) is 0 Å². The largest absolute Gasteiger partial charge is 0.341 e. The van der Waals surface area contributed by atoms with Crippen LogP contribution in [-0.2, 0) is 11.3 Å². The van der Waals surface area contributed by atoms with E-state index in [0.717, 1.165) is 5.56 Å². The lowest BCUT2D eigenvalue weighted by atomic mass is 10.1. The third-order valence-electron chi connectivity index (χ3n) is 2.90. The van der Waals surface area contributed by atoms with Crippen LogP contribution < -0.4 is 5.32 Å². The number of nitrogens with zero attached hydrogens (tertiary/aromatic N) is 2. The summed E-state index contributed by atoms with van der Waals surface area (Å²) in [7, 11) is 1.79. The first-order chi connectivity index (χ1) is 9.31. The number of nitriles is 1. The molecule has 1 amide bonds. The van der Waals surface area contributed by atoms with Gasteiger partial charge in [0.05, 0.1) is 11.6 Å². The normalized spacial score (nSPS) is 10.9. The average molecular weight is 273 g/mol. The fourth-order valence-corrected chi connectivity index (χ4v) is 1.84. The molecule has 0 aliphatic carbocycles. The number of benzene rings is 1. The zero-order chi connectivity index (χ0) is 15.2. The van der Waals surface area contributed by atoms with E-state index in [4.69, 9.17) is 5.26 Å². The van der Waals surface area contributed by atoms with Crippen molar-refractivity contribution in [1.29, 1.82) is 5.26 Å². The molecule has 1 aromatic carbocycles. The van der Waals surface area contributed by atoms with Gasteiger partial charge >= 0.3 is 0 Å². The molecule has 0 spiro atoms. The van der Waals surface area contributed by atoms with Crippen LogP contribution >= 0.6 is 0 Å². The predicted octanol–water partition coefficient (Wildman–Crippen LogP) is 2.29. The van der Waals surface area contributed by atoms with Crippen molar-refractivity contribution in [3.05, 3.63) is 35.4 Å². The third kappa shape index (κ3) is 5.85. The fraction of sp³-hybridized carbons (Fsp3) is 0.500. The summed E-state index contributed by atoms with van der Waals surface area (Å²) < 4.78 is 0. The van der Waals surface area contributed by atoms with Crippen LogP contribution in [0, 0.1) is 11.3 Å². The van der Waals surface area contributed by atoms with Crippen LogP contribution in [0.25, 0.3) is 0 Å². The minimum absolute atomic E-state index is 0.0278. The van der Waals surface area contributed by atoms with Crippen molar-refractivity contribution in [1.82, 2.24) is 10.2 Å². The van der Waals surface area contributed by atoms with Gasteiger partial charge in [-0.1, -0.05) is 12.1 Å². The van der Waals surface area contributed by atoms with Crippen molar-refractivity contribution in [2.45, 2.75) is 39.3 Å². The van der Waals surface area contributed by atoms with Crippen LogP contribution in [0.3, 0.4) is 0 Å². The lowest BCUT2D eigenvalue weighted by molar-refractivity contribution is -0.130. The van der Waals surface area contributed by atoms with Gasteiger partial charge in [0, 0.05) is 32.1 Å². The number of hydrogen-bond donors (Lipinski definition) is 1. The Bertz CT molecular complexity index is 497. The van der Waals surface area contributed by atoms with E-state index in [0.29, 0.717) is 25.1 Å². The van der Waals surface area contributed by atoms with Gasteiger partial charge in [0.1, 0.15) is 0 Å². The van der Waals surface area contributed by atoms with Crippen molar-refractivity contribution in [3.8, 4) is 6.07 Å². The summed E-state index contributed by atoms with van der Waals surface area (Å²) in [6.07, 6.45) is 0.478. The lowest BCUT2D eigenvalue weighted by Gasteiger charge is -2.22. The molecule has 4 heteroatoms. The van der Waals surface area contributed by atoms with Crippen LogP contribution in [0.5, 0.6) is 0 Å². The molecular formula is C16H23N3O. The van der Waals surface area contributed by atoms with E-state index in [-0.39, 0.29) is 11.4 Å². The quantitative estimate of drug-likeness (QED) is 0.895. The summed E-state index contributed by atoms with van der Waals surface area (Å²) >= 11 is 0. The Balaban J connectivity index is 2.47. The maximum absolute atomic E-state index is 12.0. The summed E-state index contributed by atoms with van der Waals surface area (Å²) in [6.45, 7) is 7.44. The smallest absolute Gasteiger partial charge is 0.223 e. The Morgan fingerprint density at radius 1 is 1.40 bits per heavy atom. The molecule has 0 atom stereocenters. The highest BCUT2D eigenvalue weighted by Crippen LogP contribution is 2.08. The van der Waals surface area contributed by atoms with Gasteiger partial charge < -0.3 is 10.2 Å². The first kappa shape index (κ1) is 16.2. The first-order valence-electron chi connectivity index (χ1n) is 6.80. The number of amides is 1. The number of carbonyl (C=O) groups is 1. The minimum Gasteiger partial charge on any atom is -0.341 e. The van der Waals surface area contributed by atoms with E-state index < -0.39 is 0 Å². The van der Waals surface area contributed by atoms with Gasteiger partial charge in [-0.25, -0.2) is 0 Å². The Kier molecular flexibility index (Phi) is 5.72. The summed E-state index contributed by atoms with van der Waals surface area (Å²) in [6, 6.07) is 9.46. The topological polar surface area (TPSA) is 56.1 Å². The average Bonchev–Trinajstić information content (AvgIpc) is 2.37. The summed E-state index contributed by atoms with van der Waals surface area (Å²) in [5.74, 6) is 0.101. The van der Waals surface area contributed by atoms with E-state index in [2.05, 4.69) is 32.2 Å². The third-order valence-corrected chi connectivity index (χ3v) is 2.90. The molecule has 1 aromatic rings. The molecule has 4 nitrogen and oxygen atoms in total. The molecule has 0 unspecified atom stereocenters. The van der Waals surface area contributed by atoms with Crippen molar-refractivity contribution in [2.75, 3.05) is 13.6 Å². The van der Waals surface area contributed by atoms with E-state index in [1.54, 1.807) is 18.0 Å². The Labute approximate surface area is 121 Å². The van der Waals surface area contributed by atoms with Crippen LogP contribution in [-0.4, -0.2) is 29.9 Å². The Morgan fingerprint density at radius 2 is 2.10 bits per heavy atom. The SMILES string of the molecule is CN(Cc1cccc(C#N)c1)C(=O)CCNC(C)(C)C. The summed E-state index contributed by atoms with van der Waals surface area (Å²) in [5, 5.41) is 12.2. The zero-order valence-electron chi connectivity index (χ0n) is 12.7. The van der Waals surface area contributed by atoms with Crippen molar-refractivity contribution in [2.24, 2.45) is 0 Å². The molecular weight excluding hydrogens is 250 g/mol. The molecule has 20 heavy (non-hydrogen) atoms. The second kappa shape index (κ2) is 7.06. The predicted molar refractivity (Wildman–Crippen MR) is 80.0 cm³/mol. The van der Waals surface area contributed by atoms with Gasteiger partial charge in [0.15, 0.2) is 0 Å². The molecule has 0 bridgehead atoms. The highest BCUT2D eigenvalue weighted by atomic mass is 16.2. The molecule has 0 fully saturated rings. The second-order valence-electron chi connectivity index (χ2n) is 5.99. The van der Waals surface area contributed by atoms with E-state index in [1.165, 1.54) is 0 Å². The number of nitrogens with one attached hydrogen (secondary N) is 1. The van der Waals surface area contributed by atoms with Crippen LogP contribution in [0.4, 0.5) is 0 Å². The van der Waals surface area contributed by atoms with Gasteiger partial charge in [-0.3, -0.25) is 4.79 Å².